The summed E-state index contributed by atoms with van der Waals surface area (Å²) < 4.78 is 54.7. The molecule has 15 nitrogen and oxygen atoms in total. The summed E-state index contributed by atoms with van der Waals surface area (Å²) in [5.41, 5.74) is 5.57. The fraction of sp³-hybridized carbons (Fsp3) is 0.396. The SMILES string of the molecule is C=S1(=O)CCN(C[C@@H]2COc3cc(S(=O)(=O)NC(=O)c4ccc(N5CCN(CC6=C(c7ccc(Cl)cc7)CC(C)(C)CC6)CC5)cc4Oc4cnc5[nH]ccc5c4)cc([N+](=O)[O-])c3C2)CC1. The normalized spacial score (nSPS) is 20.1. The van der Waals surface area contributed by atoms with Crippen LogP contribution in [0.3, 0.4) is 0 Å². The molecule has 5 heterocycles. The van der Waals surface area contributed by atoms with Crippen molar-refractivity contribution in [3.05, 3.63) is 117 Å². The van der Waals surface area contributed by atoms with Crippen LogP contribution in [0.4, 0.5) is 11.4 Å². The molecule has 2 fully saturated rings. The predicted octanol–water partition coefficient (Wildman–Crippen LogP) is 7.40. The molecule has 18 heteroatoms. The lowest BCUT2D eigenvalue weighted by molar-refractivity contribution is -0.386. The molecule has 0 saturated carbocycles. The van der Waals surface area contributed by atoms with Crippen LogP contribution in [0.2, 0.25) is 5.02 Å². The van der Waals surface area contributed by atoms with E-state index in [0.717, 1.165) is 61.1 Å². The number of carbonyl (C=O) groups excluding carboxylic acids is 1. The van der Waals surface area contributed by atoms with Crippen molar-refractivity contribution in [1.29, 1.82) is 0 Å². The first-order valence-electron chi connectivity index (χ1n) is 22.2. The van der Waals surface area contributed by atoms with Gasteiger partial charge in [0.25, 0.3) is 21.6 Å². The fourth-order valence-corrected chi connectivity index (χ4v) is 12.0. The van der Waals surface area contributed by atoms with Gasteiger partial charge in [0.2, 0.25) is 0 Å². The van der Waals surface area contributed by atoms with Crippen LogP contribution < -0.4 is 19.1 Å². The Bertz CT molecular complexity index is 2930. The van der Waals surface area contributed by atoms with Crippen LogP contribution >= 0.6 is 11.6 Å². The molecule has 3 aliphatic heterocycles. The number of sulfonamides is 1. The number of H-pyrrole nitrogens is 1. The summed E-state index contributed by atoms with van der Waals surface area (Å²) >= 11 is 6.25. The third-order valence-electron chi connectivity index (χ3n) is 13.3. The second-order valence-electron chi connectivity index (χ2n) is 18.7. The molecule has 9 rings (SSSR count). The summed E-state index contributed by atoms with van der Waals surface area (Å²) in [6.45, 7) is 10.6. The van der Waals surface area contributed by atoms with Crippen molar-refractivity contribution in [3.63, 3.8) is 0 Å². The number of rotatable bonds is 12. The number of hydrogen-bond acceptors (Lipinski definition) is 12. The van der Waals surface area contributed by atoms with Gasteiger partial charge in [-0.05, 0) is 94.0 Å². The Hall–Kier alpha value is -5.46. The van der Waals surface area contributed by atoms with E-state index in [0.29, 0.717) is 62.0 Å². The molecule has 66 heavy (non-hydrogen) atoms. The van der Waals surface area contributed by atoms with E-state index in [1.165, 1.54) is 35.0 Å². The lowest BCUT2D eigenvalue weighted by atomic mass is 9.72. The van der Waals surface area contributed by atoms with Crippen molar-refractivity contribution in [2.45, 2.75) is 44.4 Å². The van der Waals surface area contributed by atoms with Gasteiger partial charge in [-0.15, -0.1) is 0 Å². The van der Waals surface area contributed by atoms with E-state index in [4.69, 9.17) is 21.1 Å². The molecule has 1 amide bonds. The van der Waals surface area contributed by atoms with Crippen LogP contribution in [0.25, 0.3) is 16.6 Å². The average molecular weight is 957 g/mol. The summed E-state index contributed by atoms with van der Waals surface area (Å²) in [4.78, 5) is 39.7. The van der Waals surface area contributed by atoms with Crippen LogP contribution in [-0.2, 0) is 26.0 Å². The van der Waals surface area contributed by atoms with Gasteiger partial charge in [0, 0.05) is 110 Å². The largest absolute Gasteiger partial charge is 0.493 e. The van der Waals surface area contributed by atoms with Gasteiger partial charge in [0.1, 0.15) is 22.9 Å². The third kappa shape index (κ3) is 10.2. The number of aromatic amines is 1. The van der Waals surface area contributed by atoms with Crippen molar-refractivity contribution in [2.24, 2.45) is 11.3 Å². The molecular formula is C48H54ClN7O8S2. The van der Waals surface area contributed by atoms with Crippen LogP contribution in [-0.4, -0.2) is 120 Å². The minimum atomic E-state index is -4.66. The molecular weight excluding hydrogens is 902 g/mol. The number of nitro groups is 1. The maximum atomic E-state index is 14.1. The molecule has 4 aliphatic rings. The van der Waals surface area contributed by atoms with Gasteiger partial charge in [-0.1, -0.05) is 43.2 Å². The van der Waals surface area contributed by atoms with Gasteiger partial charge in [-0.3, -0.25) is 24.0 Å². The molecule has 0 spiro atoms. The van der Waals surface area contributed by atoms with E-state index in [1.807, 2.05) is 18.2 Å². The van der Waals surface area contributed by atoms with Crippen molar-refractivity contribution in [2.75, 3.05) is 75.4 Å². The molecule has 348 valence electrons. The summed E-state index contributed by atoms with van der Waals surface area (Å²) in [5.74, 6) is 4.25. The summed E-state index contributed by atoms with van der Waals surface area (Å²) in [7, 11) is -6.74. The minimum absolute atomic E-state index is 0.0593. The lowest BCUT2D eigenvalue weighted by Gasteiger charge is -2.39. The maximum Gasteiger partial charge on any atom is 0.277 e. The van der Waals surface area contributed by atoms with Crippen molar-refractivity contribution < 1.29 is 31.8 Å². The van der Waals surface area contributed by atoms with Gasteiger partial charge in [0.15, 0.2) is 0 Å². The van der Waals surface area contributed by atoms with Crippen LogP contribution in [0.1, 0.15) is 54.6 Å². The predicted molar refractivity (Wildman–Crippen MR) is 259 cm³/mol. The highest BCUT2D eigenvalue weighted by molar-refractivity contribution is 8.00. The molecule has 0 unspecified atom stereocenters. The average Bonchev–Trinajstić information content (AvgIpc) is 3.76. The molecule has 3 aromatic carbocycles. The molecule has 1 aliphatic carbocycles. The number of nitro benzene ring substituents is 1. The second-order valence-corrected chi connectivity index (χ2v) is 23.6. The standard InChI is InChI=1S/C48H54ClN7O8S2/c1-48(2)12-10-35(42(27-48)33-4-6-36(49)7-5-33)30-53-14-16-55(17-15-53)37-8-9-40(45(24-37)64-38-23-34-11-13-50-46(34)51-28-38)47(57)52-66(61,62)39-25-43(56(58)59)41-22-32(31-63-44(41)26-39)29-54-18-20-65(3,60)21-19-54/h4-9,11,13,23-26,28,32H,3,10,12,14-22,27,29-31H2,1-2H3,(H,50,51)(H,52,57)/t32-/m1/s1. The molecule has 0 bridgehead atoms. The Balaban J connectivity index is 0.931. The Labute approximate surface area is 390 Å². The summed E-state index contributed by atoms with van der Waals surface area (Å²) in [6.07, 6.45) is 6.74. The number of amides is 1. The number of nitrogens with one attached hydrogen (secondary N) is 2. The number of pyridine rings is 1. The summed E-state index contributed by atoms with van der Waals surface area (Å²) in [6, 6.07) is 19.0. The number of piperazine rings is 1. The lowest BCUT2D eigenvalue weighted by Crippen LogP contribution is -2.47. The number of hydrogen-bond donors (Lipinski definition) is 2. The number of carbonyl (C=O) groups is 1. The highest BCUT2D eigenvalue weighted by atomic mass is 35.5. The zero-order chi connectivity index (χ0) is 46.4. The Kier molecular flexibility index (Phi) is 12.7. The van der Waals surface area contributed by atoms with E-state index >= 15 is 0 Å². The van der Waals surface area contributed by atoms with Crippen LogP contribution in [0.15, 0.2) is 89.6 Å². The zero-order valence-corrected chi connectivity index (χ0v) is 39.5. The number of aromatic nitrogens is 2. The molecule has 2 aromatic heterocycles. The van der Waals surface area contributed by atoms with Crippen molar-refractivity contribution in [3.8, 4) is 17.2 Å². The number of fused-ring (bicyclic) bond motifs is 2. The Morgan fingerprint density at radius 3 is 2.55 bits per heavy atom. The molecule has 1 atom stereocenters. The van der Waals surface area contributed by atoms with E-state index in [1.54, 1.807) is 24.4 Å². The molecule has 0 radical (unpaired) electrons. The first kappa shape index (κ1) is 45.7. The first-order chi connectivity index (χ1) is 31.5. The van der Waals surface area contributed by atoms with E-state index in [2.05, 4.69) is 61.2 Å². The third-order valence-corrected chi connectivity index (χ3v) is 16.7. The zero-order valence-electron chi connectivity index (χ0n) is 37.1. The Morgan fingerprint density at radius 1 is 1.05 bits per heavy atom. The molecule has 2 N–H and O–H groups in total. The Morgan fingerprint density at radius 2 is 1.80 bits per heavy atom. The highest BCUT2D eigenvalue weighted by Crippen LogP contribution is 2.44. The number of anilines is 1. The monoisotopic (exact) mass is 955 g/mol. The number of benzene rings is 3. The summed E-state index contributed by atoms with van der Waals surface area (Å²) in [5, 5.41) is 13.9. The van der Waals surface area contributed by atoms with Gasteiger partial charge < -0.3 is 24.3 Å². The fourth-order valence-electron chi connectivity index (χ4n) is 9.50. The number of allylic oxidation sites excluding steroid dienone is 1. The van der Waals surface area contributed by atoms with E-state index in [-0.39, 0.29) is 40.6 Å². The number of nitrogens with zero attached hydrogens (tertiary/aromatic N) is 5. The number of ether oxygens (including phenoxy) is 2. The topological polar surface area (TPSA) is 180 Å². The van der Waals surface area contributed by atoms with Crippen molar-refractivity contribution in [1.82, 2.24) is 24.5 Å². The van der Waals surface area contributed by atoms with E-state index < -0.39 is 41.0 Å². The van der Waals surface area contributed by atoms with Gasteiger partial charge in [-0.25, -0.2) is 18.1 Å². The highest BCUT2D eigenvalue weighted by Gasteiger charge is 2.34. The van der Waals surface area contributed by atoms with Gasteiger partial charge in [0.05, 0.1) is 33.7 Å². The molecule has 5 aromatic rings. The van der Waals surface area contributed by atoms with E-state index in [9.17, 15) is 27.5 Å². The second kappa shape index (κ2) is 18.3. The van der Waals surface area contributed by atoms with Crippen LogP contribution in [0, 0.1) is 21.4 Å². The maximum absolute atomic E-state index is 14.1. The smallest absolute Gasteiger partial charge is 0.277 e. The molecule has 2 saturated heterocycles. The number of halogens is 1. The van der Waals surface area contributed by atoms with Crippen LogP contribution in [0.5, 0.6) is 17.2 Å². The minimum Gasteiger partial charge on any atom is -0.493 e. The van der Waals surface area contributed by atoms with Crippen molar-refractivity contribution >= 4 is 70.9 Å². The van der Waals surface area contributed by atoms with Gasteiger partial charge in [-0.2, -0.15) is 0 Å². The quantitative estimate of drug-likeness (QED) is 0.0720. The van der Waals surface area contributed by atoms with Gasteiger partial charge >= 0.3 is 0 Å². The first-order valence-corrected chi connectivity index (χ1v) is 26.2.